The molecule has 148 valence electrons. The normalized spacial score (nSPS) is 21.2. The van der Waals surface area contributed by atoms with Crippen molar-refractivity contribution < 1.29 is 14.3 Å². The summed E-state index contributed by atoms with van der Waals surface area (Å²) in [5, 5.41) is 1.49. The number of nitrogens with one attached hydrogen (secondary N) is 1. The van der Waals surface area contributed by atoms with Crippen LogP contribution >= 0.6 is 11.8 Å². The Balaban J connectivity index is 1.46. The maximum Gasteiger partial charge on any atom is 0.410 e. The molecule has 0 radical (unpaired) electrons. The fraction of sp³-hybridized carbons (Fsp3) is 0.474. The van der Waals surface area contributed by atoms with Crippen LogP contribution < -0.4 is 0 Å². The second-order valence-electron chi connectivity index (χ2n) is 7.89. The van der Waals surface area contributed by atoms with Gasteiger partial charge in [-0.3, -0.25) is 4.79 Å². The summed E-state index contributed by atoms with van der Waals surface area (Å²) >= 11 is 1.56. The standard InChI is InChI=1S/C19H23N5O3S/c1-19(2,3)27-18(26)23-7-8-24-12(10-23)11-28-17(24)22-16(25)14-9-21-15-13(14)5-4-6-20-15/h4-6,9,12H,7-8,10-11H2,1-3H3,(H,20,21)/b22-17-. The van der Waals surface area contributed by atoms with Gasteiger partial charge in [-0.05, 0) is 32.9 Å². The molecule has 0 saturated carbocycles. The van der Waals surface area contributed by atoms with Gasteiger partial charge in [0, 0.05) is 43.2 Å². The lowest BCUT2D eigenvalue weighted by Crippen LogP contribution is -2.54. The minimum atomic E-state index is -0.508. The van der Waals surface area contributed by atoms with Crippen molar-refractivity contribution in [2.45, 2.75) is 32.4 Å². The zero-order valence-electron chi connectivity index (χ0n) is 16.1. The number of nitrogens with zero attached hydrogens (tertiary/aromatic N) is 4. The van der Waals surface area contributed by atoms with Gasteiger partial charge in [-0.2, -0.15) is 4.99 Å². The SMILES string of the molecule is CC(C)(C)OC(=O)N1CCN2/C(=N/C(=O)c3c[nH]c4ncccc34)SCC2C1. The van der Waals surface area contributed by atoms with E-state index in [-0.39, 0.29) is 18.0 Å². The minimum absolute atomic E-state index is 0.141. The molecule has 1 atom stereocenters. The van der Waals surface area contributed by atoms with Crippen LogP contribution in [0.15, 0.2) is 29.5 Å². The Hall–Kier alpha value is -2.55. The highest BCUT2D eigenvalue weighted by molar-refractivity contribution is 8.14. The van der Waals surface area contributed by atoms with E-state index < -0.39 is 5.60 Å². The lowest BCUT2D eigenvalue weighted by atomic mass is 10.2. The summed E-state index contributed by atoms with van der Waals surface area (Å²) in [7, 11) is 0. The molecule has 0 bridgehead atoms. The number of ether oxygens (including phenoxy) is 1. The monoisotopic (exact) mass is 401 g/mol. The van der Waals surface area contributed by atoms with Crippen molar-refractivity contribution in [2.75, 3.05) is 25.4 Å². The quantitative estimate of drug-likeness (QED) is 0.790. The van der Waals surface area contributed by atoms with Crippen molar-refractivity contribution in [1.29, 1.82) is 0 Å². The van der Waals surface area contributed by atoms with Crippen LogP contribution in [0.1, 0.15) is 31.1 Å². The first-order chi connectivity index (χ1) is 13.3. The zero-order valence-corrected chi connectivity index (χ0v) is 17.0. The third-order valence-corrected chi connectivity index (χ3v) is 5.80. The van der Waals surface area contributed by atoms with Crippen molar-refractivity contribution in [1.82, 2.24) is 19.8 Å². The van der Waals surface area contributed by atoms with Crippen LogP contribution in [0.5, 0.6) is 0 Å². The fourth-order valence-corrected chi connectivity index (χ4v) is 4.55. The number of rotatable bonds is 1. The van der Waals surface area contributed by atoms with Crippen LogP contribution in [-0.2, 0) is 4.74 Å². The Kier molecular flexibility index (Phi) is 4.78. The van der Waals surface area contributed by atoms with Gasteiger partial charge in [-0.25, -0.2) is 9.78 Å². The van der Waals surface area contributed by atoms with E-state index in [9.17, 15) is 9.59 Å². The van der Waals surface area contributed by atoms with Gasteiger partial charge in [0.25, 0.3) is 5.91 Å². The summed E-state index contributed by atoms with van der Waals surface area (Å²) in [4.78, 5) is 40.5. The molecule has 2 aliphatic heterocycles. The number of aliphatic imine (C=N–C) groups is 1. The third kappa shape index (κ3) is 3.71. The molecular formula is C19H23N5O3S. The molecule has 2 aromatic rings. The summed E-state index contributed by atoms with van der Waals surface area (Å²) in [6, 6.07) is 3.80. The van der Waals surface area contributed by atoms with E-state index in [0.717, 1.165) is 16.3 Å². The van der Waals surface area contributed by atoms with Gasteiger partial charge in [0.1, 0.15) is 11.2 Å². The highest BCUT2D eigenvalue weighted by Crippen LogP contribution is 2.29. The smallest absolute Gasteiger partial charge is 0.410 e. The first-order valence-electron chi connectivity index (χ1n) is 9.24. The Labute approximate surface area is 167 Å². The first-order valence-corrected chi connectivity index (χ1v) is 10.2. The maximum atomic E-state index is 12.7. The van der Waals surface area contributed by atoms with Crippen LogP contribution in [-0.4, -0.2) is 74.0 Å². The molecule has 4 heterocycles. The molecule has 4 rings (SSSR count). The van der Waals surface area contributed by atoms with E-state index in [1.807, 2.05) is 26.8 Å². The van der Waals surface area contributed by atoms with Crippen LogP contribution in [0.4, 0.5) is 4.79 Å². The number of aromatic amines is 1. The molecule has 2 fully saturated rings. The molecular weight excluding hydrogens is 378 g/mol. The number of carbonyl (C=O) groups excluding carboxylic acids is 2. The van der Waals surface area contributed by atoms with Gasteiger partial charge < -0.3 is 19.5 Å². The highest BCUT2D eigenvalue weighted by atomic mass is 32.2. The number of aromatic nitrogens is 2. The Morgan fingerprint density at radius 2 is 2.18 bits per heavy atom. The number of thioether (sulfide) groups is 1. The predicted octanol–water partition coefficient (Wildman–Crippen LogP) is 2.73. The van der Waals surface area contributed by atoms with E-state index in [1.54, 1.807) is 35.1 Å². The number of carbonyl (C=O) groups is 2. The summed E-state index contributed by atoms with van der Waals surface area (Å²) in [6.45, 7) is 7.36. The number of amides is 2. The number of piperazine rings is 1. The van der Waals surface area contributed by atoms with Crippen LogP contribution in [0.3, 0.4) is 0 Å². The Morgan fingerprint density at radius 1 is 1.36 bits per heavy atom. The molecule has 2 amide bonds. The molecule has 2 aliphatic rings. The summed E-state index contributed by atoms with van der Waals surface area (Å²) in [5.74, 6) is 0.512. The molecule has 0 aromatic carbocycles. The molecule has 8 nitrogen and oxygen atoms in total. The highest BCUT2D eigenvalue weighted by Gasteiger charge is 2.38. The molecule has 0 aliphatic carbocycles. The van der Waals surface area contributed by atoms with Crippen LogP contribution in [0, 0.1) is 0 Å². The molecule has 9 heteroatoms. The average molecular weight is 401 g/mol. The van der Waals surface area contributed by atoms with E-state index in [2.05, 4.69) is 19.9 Å². The fourth-order valence-electron chi connectivity index (χ4n) is 3.37. The summed E-state index contributed by atoms with van der Waals surface area (Å²) in [6.07, 6.45) is 3.05. The number of hydrogen-bond acceptors (Lipinski definition) is 5. The minimum Gasteiger partial charge on any atom is -0.444 e. The lowest BCUT2D eigenvalue weighted by molar-refractivity contribution is 0.0143. The summed E-state index contributed by atoms with van der Waals surface area (Å²) < 4.78 is 5.47. The van der Waals surface area contributed by atoms with Crippen molar-refractivity contribution in [2.24, 2.45) is 4.99 Å². The van der Waals surface area contributed by atoms with Crippen molar-refractivity contribution in [3.63, 3.8) is 0 Å². The number of hydrogen-bond donors (Lipinski definition) is 1. The maximum absolute atomic E-state index is 12.7. The average Bonchev–Trinajstić information content (AvgIpc) is 3.24. The number of H-pyrrole nitrogens is 1. The predicted molar refractivity (Wildman–Crippen MR) is 109 cm³/mol. The molecule has 28 heavy (non-hydrogen) atoms. The van der Waals surface area contributed by atoms with Gasteiger partial charge in [0.2, 0.25) is 0 Å². The summed E-state index contributed by atoms with van der Waals surface area (Å²) in [5.41, 5.74) is 0.687. The molecule has 0 spiro atoms. The number of amidine groups is 1. The lowest BCUT2D eigenvalue weighted by Gasteiger charge is -2.38. The van der Waals surface area contributed by atoms with Gasteiger partial charge in [-0.15, -0.1) is 0 Å². The number of pyridine rings is 1. The largest absolute Gasteiger partial charge is 0.444 e. The van der Waals surface area contributed by atoms with Crippen molar-refractivity contribution in [3.8, 4) is 0 Å². The van der Waals surface area contributed by atoms with E-state index >= 15 is 0 Å². The molecule has 2 saturated heterocycles. The number of fused-ring (bicyclic) bond motifs is 2. The topological polar surface area (TPSA) is 90.9 Å². The van der Waals surface area contributed by atoms with Gasteiger partial charge in [-0.1, -0.05) is 11.8 Å². The van der Waals surface area contributed by atoms with Crippen molar-refractivity contribution >= 4 is 40.0 Å². The van der Waals surface area contributed by atoms with E-state index in [4.69, 9.17) is 4.74 Å². The molecule has 2 aromatic heterocycles. The van der Waals surface area contributed by atoms with Gasteiger partial charge in [0.15, 0.2) is 5.17 Å². The second kappa shape index (κ2) is 7.12. The van der Waals surface area contributed by atoms with Crippen LogP contribution in [0.25, 0.3) is 11.0 Å². The Bertz CT molecular complexity index is 948. The second-order valence-corrected chi connectivity index (χ2v) is 8.87. The third-order valence-electron chi connectivity index (χ3n) is 4.66. The van der Waals surface area contributed by atoms with E-state index in [0.29, 0.717) is 30.8 Å². The molecule has 1 unspecified atom stereocenters. The zero-order chi connectivity index (χ0) is 19.9. The first kappa shape index (κ1) is 18.8. The Morgan fingerprint density at radius 3 is 2.96 bits per heavy atom. The molecule has 1 N–H and O–H groups in total. The van der Waals surface area contributed by atoms with Gasteiger partial charge >= 0.3 is 6.09 Å². The van der Waals surface area contributed by atoms with E-state index in [1.165, 1.54) is 0 Å². The van der Waals surface area contributed by atoms with Crippen LogP contribution in [0.2, 0.25) is 0 Å². The van der Waals surface area contributed by atoms with Gasteiger partial charge in [0.05, 0.1) is 11.6 Å². The van der Waals surface area contributed by atoms with Crippen molar-refractivity contribution in [3.05, 3.63) is 30.1 Å².